The Labute approximate surface area is 237 Å². The highest BCUT2D eigenvalue weighted by molar-refractivity contribution is 7.91. The molecule has 0 fully saturated rings. The number of ether oxygens (including phenoxy) is 2. The minimum Gasteiger partial charge on any atom is -0.493 e. The van der Waals surface area contributed by atoms with Crippen molar-refractivity contribution in [3.8, 4) is 28.5 Å². The third-order valence-corrected chi connectivity index (χ3v) is 8.96. The van der Waals surface area contributed by atoms with Crippen LogP contribution >= 0.6 is 0 Å². The van der Waals surface area contributed by atoms with Gasteiger partial charge in [0.05, 0.1) is 10.9 Å². The number of hydrogen-bond donors (Lipinski definition) is 1. The normalized spacial score (nSPS) is 13.4. The molecule has 0 saturated carbocycles. The summed E-state index contributed by atoms with van der Waals surface area (Å²) in [4.78, 5) is 20.3. The number of sulfone groups is 1. The molecule has 9 nitrogen and oxygen atoms in total. The first-order valence-electron chi connectivity index (χ1n) is 13.4. The van der Waals surface area contributed by atoms with E-state index in [1.807, 2.05) is 19.9 Å². The molecule has 0 bridgehead atoms. The summed E-state index contributed by atoms with van der Waals surface area (Å²) in [6.45, 7) is 5.57. The standard InChI is InChI=1S/C30H30FN3O6S/c1-4-6-10-26-33-29(35)28(30(36)34(26)23(5-2)22-8-7-9-24-27(22)40-17-39-24)41(37,38)20-13-11-19(12-14-20)21-15-16-25(31)32-18(21)3/h7-9,11-16,23,36H,4-6,10,17H2,1-3H3. The Bertz CT molecular complexity index is 1770. The molecule has 0 amide bonds. The molecule has 0 aliphatic carbocycles. The van der Waals surface area contributed by atoms with Crippen molar-refractivity contribution < 1.29 is 27.4 Å². The Morgan fingerprint density at radius 2 is 1.80 bits per heavy atom. The van der Waals surface area contributed by atoms with Gasteiger partial charge in [-0.2, -0.15) is 9.37 Å². The van der Waals surface area contributed by atoms with E-state index < -0.39 is 38.2 Å². The van der Waals surface area contributed by atoms with E-state index in [0.29, 0.717) is 53.1 Å². The molecule has 1 aliphatic heterocycles. The molecule has 214 valence electrons. The van der Waals surface area contributed by atoms with Gasteiger partial charge in [-0.3, -0.25) is 9.36 Å². The minimum absolute atomic E-state index is 0.0446. The van der Waals surface area contributed by atoms with Gasteiger partial charge in [0.15, 0.2) is 16.4 Å². The smallest absolute Gasteiger partial charge is 0.296 e. The Hall–Kier alpha value is -4.25. The number of pyridine rings is 1. The first kappa shape index (κ1) is 28.3. The lowest BCUT2D eigenvalue weighted by molar-refractivity contribution is 0.172. The topological polar surface area (TPSA) is 121 Å². The molecule has 1 unspecified atom stereocenters. The van der Waals surface area contributed by atoms with Crippen LogP contribution in [0.5, 0.6) is 17.4 Å². The number of rotatable bonds is 9. The number of aryl methyl sites for hydroxylation is 2. The van der Waals surface area contributed by atoms with Crippen LogP contribution in [-0.2, 0) is 16.3 Å². The van der Waals surface area contributed by atoms with Crippen molar-refractivity contribution in [3.63, 3.8) is 0 Å². The molecule has 11 heteroatoms. The van der Waals surface area contributed by atoms with Crippen LogP contribution in [0.4, 0.5) is 4.39 Å². The monoisotopic (exact) mass is 579 g/mol. The van der Waals surface area contributed by atoms with E-state index in [2.05, 4.69) is 9.97 Å². The maximum atomic E-state index is 13.8. The molecule has 1 atom stereocenters. The molecular formula is C30H30FN3O6S. The number of benzene rings is 2. The quantitative estimate of drug-likeness (QED) is 0.263. The van der Waals surface area contributed by atoms with Crippen molar-refractivity contribution in [2.45, 2.75) is 62.3 Å². The zero-order valence-corrected chi connectivity index (χ0v) is 23.7. The van der Waals surface area contributed by atoms with Gasteiger partial charge in [-0.15, -0.1) is 0 Å². The number of aromatic nitrogens is 3. The van der Waals surface area contributed by atoms with E-state index in [4.69, 9.17) is 9.47 Å². The first-order valence-corrected chi connectivity index (χ1v) is 14.9. The van der Waals surface area contributed by atoms with E-state index in [0.717, 1.165) is 6.42 Å². The highest BCUT2D eigenvalue weighted by Gasteiger charge is 2.33. The Morgan fingerprint density at radius 1 is 1.05 bits per heavy atom. The predicted octanol–water partition coefficient (Wildman–Crippen LogP) is 5.36. The van der Waals surface area contributed by atoms with Gasteiger partial charge in [-0.1, -0.05) is 44.5 Å². The molecule has 5 rings (SSSR count). The Balaban J connectivity index is 1.64. The van der Waals surface area contributed by atoms with Crippen molar-refractivity contribution >= 4 is 9.84 Å². The zero-order valence-electron chi connectivity index (χ0n) is 22.9. The van der Waals surface area contributed by atoms with Crippen molar-refractivity contribution in [2.75, 3.05) is 6.79 Å². The molecular weight excluding hydrogens is 549 g/mol. The summed E-state index contributed by atoms with van der Waals surface area (Å²) >= 11 is 0. The summed E-state index contributed by atoms with van der Waals surface area (Å²) in [5, 5.41) is 11.6. The molecule has 0 saturated heterocycles. The zero-order chi connectivity index (χ0) is 29.3. The largest absolute Gasteiger partial charge is 0.493 e. The maximum absolute atomic E-state index is 13.8. The highest BCUT2D eigenvalue weighted by atomic mass is 32.2. The SMILES string of the molecule is CCCCc1nc(=O)c(S(=O)(=O)c2ccc(-c3ccc(F)nc3C)cc2)c(O)n1C(CC)c1cccc2c1OCO2. The average molecular weight is 580 g/mol. The lowest BCUT2D eigenvalue weighted by Crippen LogP contribution is -2.27. The van der Waals surface area contributed by atoms with Gasteiger partial charge in [-0.05, 0) is 55.7 Å². The average Bonchev–Trinajstić information content (AvgIpc) is 3.43. The lowest BCUT2D eigenvalue weighted by atomic mass is 10.0. The number of fused-ring (bicyclic) bond motifs is 1. The van der Waals surface area contributed by atoms with Crippen LogP contribution in [0.1, 0.15) is 56.2 Å². The number of unbranched alkanes of at least 4 members (excludes halogenated alkanes) is 1. The third kappa shape index (κ3) is 5.17. The number of hydrogen-bond acceptors (Lipinski definition) is 8. The maximum Gasteiger partial charge on any atom is 0.296 e. The molecule has 2 aromatic carbocycles. The Morgan fingerprint density at radius 3 is 2.49 bits per heavy atom. The van der Waals surface area contributed by atoms with E-state index in [1.54, 1.807) is 37.3 Å². The van der Waals surface area contributed by atoms with Gasteiger partial charge in [0, 0.05) is 23.2 Å². The first-order chi connectivity index (χ1) is 19.7. The van der Waals surface area contributed by atoms with Crippen LogP contribution in [0.15, 0.2) is 69.2 Å². The van der Waals surface area contributed by atoms with Crippen LogP contribution < -0.4 is 15.0 Å². The molecule has 1 N–H and O–H groups in total. The lowest BCUT2D eigenvalue weighted by Gasteiger charge is -2.26. The fourth-order valence-electron chi connectivity index (χ4n) is 5.15. The van der Waals surface area contributed by atoms with E-state index in [1.165, 1.54) is 22.8 Å². The van der Waals surface area contributed by atoms with Crippen molar-refractivity contribution in [3.05, 3.63) is 88.0 Å². The van der Waals surface area contributed by atoms with Gasteiger partial charge in [0.25, 0.3) is 5.56 Å². The van der Waals surface area contributed by atoms with Crippen LogP contribution in [0.2, 0.25) is 0 Å². The minimum atomic E-state index is -4.49. The van der Waals surface area contributed by atoms with E-state index in [-0.39, 0.29) is 17.5 Å². The summed E-state index contributed by atoms with van der Waals surface area (Å²) in [6, 6.07) is 13.4. The molecule has 0 radical (unpaired) electrons. The van der Waals surface area contributed by atoms with E-state index >= 15 is 0 Å². The molecule has 4 aromatic rings. The fraction of sp³-hybridized carbons (Fsp3) is 0.300. The van der Waals surface area contributed by atoms with Crippen molar-refractivity contribution in [1.29, 1.82) is 0 Å². The summed E-state index contributed by atoms with van der Waals surface area (Å²) in [6.07, 6.45) is 2.29. The van der Waals surface area contributed by atoms with Gasteiger partial charge in [0.2, 0.25) is 28.5 Å². The van der Waals surface area contributed by atoms with Crippen molar-refractivity contribution in [2.24, 2.45) is 0 Å². The fourth-order valence-corrected chi connectivity index (χ4v) is 6.49. The number of nitrogens with zero attached hydrogens (tertiary/aromatic N) is 3. The number of para-hydroxylation sites is 1. The molecule has 1 aliphatic rings. The van der Waals surface area contributed by atoms with Crippen molar-refractivity contribution in [1.82, 2.24) is 14.5 Å². The van der Waals surface area contributed by atoms with Crippen LogP contribution in [0, 0.1) is 12.9 Å². The summed E-state index contributed by atoms with van der Waals surface area (Å²) < 4.78 is 53.8. The molecule has 3 heterocycles. The summed E-state index contributed by atoms with van der Waals surface area (Å²) in [5.41, 5.74) is 1.35. The predicted molar refractivity (Wildman–Crippen MR) is 150 cm³/mol. The second-order valence-electron chi connectivity index (χ2n) is 9.76. The number of halogens is 1. The number of aromatic hydroxyl groups is 1. The molecule has 41 heavy (non-hydrogen) atoms. The third-order valence-electron chi connectivity index (χ3n) is 7.17. The second-order valence-corrected chi connectivity index (χ2v) is 11.6. The summed E-state index contributed by atoms with van der Waals surface area (Å²) in [5.74, 6) is 0.0407. The van der Waals surface area contributed by atoms with Gasteiger partial charge >= 0.3 is 0 Å². The van der Waals surface area contributed by atoms with Crippen LogP contribution in [0.3, 0.4) is 0 Å². The van der Waals surface area contributed by atoms with Gasteiger partial charge in [-0.25, -0.2) is 13.4 Å². The van der Waals surface area contributed by atoms with Crippen LogP contribution in [0.25, 0.3) is 11.1 Å². The molecule has 2 aromatic heterocycles. The van der Waals surface area contributed by atoms with Gasteiger partial charge in [0.1, 0.15) is 5.82 Å². The van der Waals surface area contributed by atoms with Gasteiger partial charge < -0.3 is 14.6 Å². The second kappa shape index (κ2) is 11.3. The van der Waals surface area contributed by atoms with Crippen LogP contribution in [-0.4, -0.2) is 34.9 Å². The highest BCUT2D eigenvalue weighted by Crippen LogP contribution is 2.43. The summed E-state index contributed by atoms with van der Waals surface area (Å²) in [7, 11) is -4.49. The molecule has 0 spiro atoms. The Kier molecular flexibility index (Phi) is 7.81. The van der Waals surface area contributed by atoms with E-state index in [9.17, 15) is 22.7 Å².